The summed E-state index contributed by atoms with van der Waals surface area (Å²) < 4.78 is 5.64. The first-order valence-electron chi connectivity index (χ1n) is 5.28. The van der Waals surface area contributed by atoms with Crippen LogP contribution in [-0.4, -0.2) is 11.1 Å². The third-order valence-electron chi connectivity index (χ3n) is 2.76. The first-order valence-corrected chi connectivity index (χ1v) is 5.28. The molecule has 0 spiro atoms. The Labute approximate surface area is 93.7 Å². The molecule has 3 heteroatoms. The van der Waals surface area contributed by atoms with Gasteiger partial charge in [0.25, 0.3) is 0 Å². The van der Waals surface area contributed by atoms with Gasteiger partial charge >= 0.3 is 5.97 Å². The molecule has 1 heterocycles. The topological polar surface area (TPSA) is 50.4 Å². The van der Waals surface area contributed by atoms with Crippen molar-refractivity contribution in [3.63, 3.8) is 0 Å². The predicted molar refractivity (Wildman–Crippen MR) is 61.6 cm³/mol. The number of aliphatic carboxylic acids is 1. The quantitative estimate of drug-likeness (QED) is 0.861. The van der Waals surface area contributed by atoms with E-state index in [-0.39, 0.29) is 6.42 Å². The fourth-order valence-electron chi connectivity index (χ4n) is 1.84. The van der Waals surface area contributed by atoms with E-state index in [0.29, 0.717) is 6.42 Å². The fourth-order valence-corrected chi connectivity index (χ4v) is 1.84. The van der Waals surface area contributed by atoms with Crippen LogP contribution in [0.15, 0.2) is 22.6 Å². The highest BCUT2D eigenvalue weighted by Crippen LogP contribution is 2.26. The number of carbonyl (C=O) groups is 1. The average Bonchev–Trinajstić information content (AvgIpc) is 2.53. The molecule has 0 atom stereocenters. The lowest BCUT2D eigenvalue weighted by molar-refractivity contribution is -0.137. The molecule has 1 N–H and O–H groups in total. The molecule has 0 unspecified atom stereocenters. The Morgan fingerprint density at radius 3 is 2.81 bits per heavy atom. The zero-order chi connectivity index (χ0) is 11.7. The summed E-state index contributed by atoms with van der Waals surface area (Å²) in [6.07, 6.45) is 0.564. The van der Waals surface area contributed by atoms with E-state index < -0.39 is 5.97 Å². The highest BCUT2D eigenvalue weighted by molar-refractivity contribution is 5.82. The Bertz CT molecular complexity index is 537. The minimum absolute atomic E-state index is 0.111. The van der Waals surface area contributed by atoms with Crippen LogP contribution in [0.3, 0.4) is 0 Å². The molecule has 16 heavy (non-hydrogen) atoms. The molecular weight excluding hydrogens is 204 g/mol. The van der Waals surface area contributed by atoms with Gasteiger partial charge in [0.1, 0.15) is 11.3 Å². The third-order valence-corrected chi connectivity index (χ3v) is 2.76. The molecule has 3 nitrogen and oxygen atoms in total. The van der Waals surface area contributed by atoms with Crippen LogP contribution in [0.1, 0.15) is 23.3 Å². The van der Waals surface area contributed by atoms with Crippen molar-refractivity contribution >= 4 is 16.9 Å². The Kier molecular flexibility index (Phi) is 2.69. The van der Waals surface area contributed by atoms with Gasteiger partial charge in [-0.15, -0.1) is 0 Å². The van der Waals surface area contributed by atoms with E-state index in [9.17, 15) is 4.79 Å². The number of benzene rings is 1. The van der Waals surface area contributed by atoms with E-state index >= 15 is 0 Å². The molecule has 0 saturated heterocycles. The van der Waals surface area contributed by atoms with Crippen molar-refractivity contribution in [1.29, 1.82) is 0 Å². The van der Waals surface area contributed by atoms with Crippen LogP contribution in [0.25, 0.3) is 11.0 Å². The van der Waals surface area contributed by atoms with Gasteiger partial charge in [0, 0.05) is 11.8 Å². The minimum atomic E-state index is -0.795. The van der Waals surface area contributed by atoms with Crippen molar-refractivity contribution in [3.05, 3.63) is 35.1 Å². The fraction of sp³-hybridized carbons (Fsp3) is 0.308. The van der Waals surface area contributed by atoms with Crippen molar-refractivity contribution < 1.29 is 14.3 Å². The van der Waals surface area contributed by atoms with Crippen LogP contribution < -0.4 is 0 Å². The summed E-state index contributed by atoms with van der Waals surface area (Å²) in [7, 11) is 0. The van der Waals surface area contributed by atoms with Crippen LogP contribution in [0.4, 0.5) is 0 Å². The molecule has 1 aromatic heterocycles. The monoisotopic (exact) mass is 218 g/mol. The first kappa shape index (κ1) is 10.7. The summed E-state index contributed by atoms with van der Waals surface area (Å²) in [4.78, 5) is 10.5. The van der Waals surface area contributed by atoms with Crippen LogP contribution in [-0.2, 0) is 11.2 Å². The Morgan fingerprint density at radius 1 is 1.38 bits per heavy atom. The number of carboxylic acids is 1. The molecule has 2 aromatic rings. The van der Waals surface area contributed by atoms with Gasteiger partial charge in [-0.05, 0) is 31.5 Å². The lowest BCUT2D eigenvalue weighted by atomic mass is 10.1. The lowest BCUT2D eigenvalue weighted by Gasteiger charge is -1.94. The molecular formula is C13H14O3. The van der Waals surface area contributed by atoms with Gasteiger partial charge in [-0.25, -0.2) is 0 Å². The zero-order valence-corrected chi connectivity index (χ0v) is 9.41. The maximum Gasteiger partial charge on any atom is 0.303 e. The SMILES string of the molecule is Cc1ccc2oc(CCC(=O)O)c(C)c2c1. The van der Waals surface area contributed by atoms with Crippen molar-refractivity contribution in [1.82, 2.24) is 0 Å². The summed E-state index contributed by atoms with van der Waals surface area (Å²) in [5.74, 6) is -0.0148. The number of carboxylic acid groups (broad SMARTS) is 1. The third kappa shape index (κ3) is 1.94. The minimum Gasteiger partial charge on any atom is -0.481 e. The van der Waals surface area contributed by atoms with Crippen molar-refractivity contribution in [3.8, 4) is 0 Å². The summed E-state index contributed by atoms with van der Waals surface area (Å²) in [5, 5.41) is 9.73. The van der Waals surface area contributed by atoms with E-state index in [4.69, 9.17) is 9.52 Å². The molecule has 0 aliphatic carbocycles. The molecule has 0 aliphatic heterocycles. The van der Waals surface area contributed by atoms with Gasteiger partial charge in [0.2, 0.25) is 0 Å². The number of fused-ring (bicyclic) bond motifs is 1. The van der Waals surface area contributed by atoms with Gasteiger partial charge in [-0.2, -0.15) is 0 Å². The van der Waals surface area contributed by atoms with Gasteiger partial charge in [0.05, 0.1) is 6.42 Å². The number of rotatable bonds is 3. The summed E-state index contributed by atoms with van der Waals surface area (Å²) in [5.41, 5.74) is 3.07. The second-order valence-corrected chi connectivity index (χ2v) is 4.04. The molecule has 1 aromatic carbocycles. The van der Waals surface area contributed by atoms with Crippen LogP contribution in [0, 0.1) is 13.8 Å². The van der Waals surface area contributed by atoms with E-state index in [1.54, 1.807) is 0 Å². The highest BCUT2D eigenvalue weighted by Gasteiger charge is 2.11. The van der Waals surface area contributed by atoms with Crippen molar-refractivity contribution in [2.75, 3.05) is 0 Å². The maximum absolute atomic E-state index is 10.5. The van der Waals surface area contributed by atoms with Gasteiger partial charge < -0.3 is 9.52 Å². The van der Waals surface area contributed by atoms with Gasteiger partial charge in [-0.1, -0.05) is 11.6 Å². The van der Waals surface area contributed by atoms with E-state index in [0.717, 1.165) is 22.3 Å². The molecule has 0 amide bonds. The Hall–Kier alpha value is -1.77. The van der Waals surface area contributed by atoms with Crippen LogP contribution in [0.2, 0.25) is 0 Å². The van der Waals surface area contributed by atoms with Crippen LogP contribution >= 0.6 is 0 Å². The zero-order valence-electron chi connectivity index (χ0n) is 9.41. The van der Waals surface area contributed by atoms with E-state index in [2.05, 4.69) is 6.07 Å². The van der Waals surface area contributed by atoms with Crippen LogP contribution in [0.5, 0.6) is 0 Å². The number of aryl methyl sites for hydroxylation is 3. The second kappa shape index (κ2) is 4.00. The molecule has 2 rings (SSSR count). The number of hydrogen-bond donors (Lipinski definition) is 1. The number of hydrogen-bond acceptors (Lipinski definition) is 2. The number of furan rings is 1. The highest BCUT2D eigenvalue weighted by atomic mass is 16.4. The molecule has 0 saturated carbocycles. The molecule has 0 bridgehead atoms. The van der Waals surface area contributed by atoms with Gasteiger partial charge in [0.15, 0.2) is 0 Å². The normalized spacial score (nSPS) is 10.9. The largest absolute Gasteiger partial charge is 0.481 e. The van der Waals surface area contributed by atoms with Crippen molar-refractivity contribution in [2.24, 2.45) is 0 Å². The molecule has 0 fully saturated rings. The maximum atomic E-state index is 10.5. The van der Waals surface area contributed by atoms with Gasteiger partial charge in [-0.3, -0.25) is 4.79 Å². The Morgan fingerprint density at radius 2 is 2.12 bits per heavy atom. The lowest BCUT2D eigenvalue weighted by Crippen LogP contribution is -1.97. The molecule has 0 radical (unpaired) electrons. The second-order valence-electron chi connectivity index (χ2n) is 4.04. The van der Waals surface area contributed by atoms with E-state index in [1.165, 1.54) is 5.56 Å². The standard InChI is InChI=1S/C13H14O3/c1-8-3-4-12-10(7-8)9(2)11(16-12)5-6-13(14)15/h3-4,7H,5-6H2,1-2H3,(H,14,15). The molecule has 84 valence electrons. The van der Waals surface area contributed by atoms with E-state index in [1.807, 2.05) is 26.0 Å². The summed E-state index contributed by atoms with van der Waals surface area (Å²) in [6, 6.07) is 5.99. The summed E-state index contributed by atoms with van der Waals surface area (Å²) >= 11 is 0. The first-order chi connectivity index (χ1) is 7.58. The predicted octanol–water partition coefficient (Wildman–Crippen LogP) is 3.07. The summed E-state index contributed by atoms with van der Waals surface area (Å²) in [6.45, 7) is 4.01. The smallest absolute Gasteiger partial charge is 0.303 e. The average molecular weight is 218 g/mol. The van der Waals surface area contributed by atoms with Crippen molar-refractivity contribution in [2.45, 2.75) is 26.7 Å². The molecule has 0 aliphatic rings. The Balaban J connectivity index is 2.40.